The molecule has 0 saturated carbocycles. The fourth-order valence-corrected chi connectivity index (χ4v) is 8.83. The van der Waals surface area contributed by atoms with E-state index in [1.165, 1.54) is 46.9 Å². The van der Waals surface area contributed by atoms with Crippen LogP contribution in [-0.4, -0.2) is 0 Å². The molecule has 4 aromatic carbocycles. The van der Waals surface area contributed by atoms with Gasteiger partial charge in [0.1, 0.15) is 0 Å². The van der Waals surface area contributed by atoms with E-state index in [4.69, 9.17) is 0 Å². The molecule has 0 aliphatic carbocycles. The van der Waals surface area contributed by atoms with Gasteiger partial charge in [-0.25, -0.2) is 0 Å². The first kappa shape index (κ1) is 22.5. The van der Waals surface area contributed by atoms with Gasteiger partial charge in [0.15, 0.2) is 0 Å². The summed E-state index contributed by atoms with van der Waals surface area (Å²) in [6, 6.07) is 44.3. The van der Waals surface area contributed by atoms with E-state index in [9.17, 15) is 0 Å². The van der Waals surface area contributed by atoms with Crippen molar-refractivity contribution >= 4 is 24.2 Å². The Hall–Kier alpha value is -2.21. The van der Waals surface area contributed by atoms with Crippen LogP contribution in [0.25, 0.3) is 0 Å². The molecule has 0 radical (unpaired) electrons. The summed E-state index contributed by atoms with van der Waals surface area (Å²) in [4.78, 5) is 0. The maximum absolute atomic E-state index is 2.30. The lowest BCUT2D eigenvalue weighted by molar-refractivity contribution is 1.17. The zero-order valence-electron chi connectivity index (χ0n) is 17.2. The summed E-state index contributed by atoms with van der Waals surface area (Å²) >= 11 is 0. The highest BCUT2D eigenvalue weighted by Gasteiger charge is 2.38. The van der Waals surface area contributed by atoms with Crippen LogP contribution in [0.5, 0.6) is 0 Å². The largest absolute Gasteiger partial charge is 0.114 e. The lowest BCUT2D eigenvalue weighted by Crippen LogP contribution is -2.08. The summed E-state index contributed by atoms with van der Waals surface area (Å²) in [6.07, 6.45) is 4.69. The van der Waals surface area contributed by atoms with Crippen LogP contribution in [0.2, 0.25) is 0 Å². The average Bonchev–Trinajstić information content (AvgIpc) is 2.76. The highest BCUT2D eigenvalue weighted by molar-refractivity contribution is 8.93. The van der Waals surface area contributed by atoms with Crippen LogP contribution < -0.4 is 0 Å². The van der Waals surface area contributed by atoms with Crippen molar-refractivity contribution in [3.63, 3.8) is 0 Å². The molecule has 0 amide bonds. The highest BCUT2D eigenvalue weighted by Crippen LogP contribution is 2.68. The summed E-state index contributed by atoms with van der Waals surface area (Å²) in [5.41, 5.74) is 5.85. The Labute approximate surface area is 192 Å². The van der Waals surface area contributed by atoms with Gasteiger partial charge in [-0.15, -0.1) is 17.0 Å². The summed E-state index contributed by atoms with van der Waals surface area (Å²) in [6.45, 7) is 0. The van der Waals surface area contributed by atoms with Crippen LogP contribution in [0.15, 0.2) is 121 Å². The second-order valence-corrected chi connectivity index (χ2v) is 11.9. The van der Waals surface area contributed by atoms with Crippen LogP contribution in [0.1, 0.15) is 22.3 Å². The van der Waals surface area contributed by atoms with E-state index in [0.717, 1.165) is 0 Å². The van der Waals surface area contributed by atoms with Crippen molar-refractivity contribution in [2.45, 2.75) is 24.6 Å². The number of hydrogen-bond donors (Lipinski definition) is 0. The number of benzene rings is 4. The SMILES string of the molecule is Br.c1ccc(C[P+](Cc2ccccc2)(Cc2ccccc2)Cc2ccccc2)cc1. The van der Waals surface area contributed by atoms with Gasteiger partial charge in [-0.3, -0.25) is 0 Å². The van der Waals surface area contributed by atoms with Gasteiger partial charge in [0.2, 0.25) is 0 Å². The summed E-state index contributed by atoms with van der Waals surface area (Å²) < 4.78 is 0. The highest BCUT2D eigenvalue weighted by atomic mass is 79.9. The van der Waals surface area contributed by atoms with Crippen LogP contribution in [0.4, 0.5) is 0 Å². The molecule has 30 heavy (non-hydrogen) atoms. The second-order valence-electron chi connectivity index (χ2n) is 7.92. The van der Waals surface area contributed by atoms with E-state index >= 15 is 0 Å². The van der Waals surface area contributed by atoms with Crippen molar-refractivity contribution in [3.8, 4) is 0 Å². The average molecular weight is 476 g/mol. The lowest BCUT2D eigenvalue weighted by atomic mass is 10.2. The predicted molar refractivity (Wildman–Crippen MR) is 138 cm³/mol. The van der Waals surface area contributed by atoms with Gasteiger partial charge in [-0.05, 0) is 22.3 Å². The van der Waals surface area contributed by atoms with Crippen molar-refractivity contribution < 1.29 is 0 Å². The first-order chi connectivity index (χ1) is 14.3. The molecular weight excluding hydrogens is 447 g/mol. The van der Waals surface area contributed by atoms with Gasteiger partial charge in [0.25, 0.3) is 0 Å². The van der Waals surface area contributed by atoms with Crippen LogP contribution in [-0.2, 0) is 24.6 Å². The molecule has 0 aliphatic rings. The molecule has 0 saturated heterocycles. The Morgan fingerprint density at radius 3 is 0.733 bits per heavy atom. The van der Waals surface area contributed by atoms with Gasteiger partial charge in [0.05, 0.1) is 24.6 Å². The monoisotopic (exact) mass is 475 g/mol. The van der Waals surface area contributed by atoms with E-state index < -0.39 is 7.26 Å². The molecule has 0 fully saturated rings. The van der Waals surface area contributed by atoms with E-state index in [-0.39, 0.29) is 17.0 Å². The van der Waals surface area contributed by atoms with Gasteiger partial charge in [-0.2, -0.15) is 0 Å². The molecule has 0 spiro atoms. The van der Waals surface area contributed by atoms with E-state index in [1.807, 2.05) is 0 Å². The molecule has 0 aromatic heterocycles. The molecule has 2 heteroatoms. The second kappa shape index (κ2) is 11.3. The molecule has 0 bridgehead atoms. The molecule has 0 nitrogen and oxygen atoms in total. The quantitative estimate of drug-likeness (QED) is 0.224. The smallest absolute Gasteiger partial charge is 0.0852 e. The van der Waals surface area contributed by atoms with Gasteiger partial charge in [0, 0.05) is 7.26 Å². The molecule has 0 heterocycles. The normalized spacial score (nSPS) is 10.9. The van der Waals surface area contributed by atoms with Gasteiger partial charge in [-0.1, -0.05) is 121 Å². The maximum Gasteiger partial charge on any atom is 0.0852 e. The van der Waals surface area contributed by atoms with Crippen molar-refractivity contribution in [2.75, 3.05) is 0 Å². The summed E-state index contributed by atoms with van der Waals surface area (Å²) in [5, 5.41) is 0. The van der Waals surface area contributed by atoms with Crippen molar-refractivity contribution in [1.29, 1.82) is 0 Å². The minimum absolute atomic E-state index is 0. The van der Waals surface area contributed by atoms with Crippen LogP contribution in [0, 0.1) is 0 Å². The molecule has 4 rings (SSSR count). The maximum atomic E-state index is 2.30. The molecule has 0 N–H and O–H groups in total. The van der Waals surface area contributed by atoms with Crippen LogP contribution >= 0.6 is 24.2 Å². The number of halogens is 1. The Balaban J connectivity index is 0.00000256. The van der Waals surface area contributed by atoms with Crippen molar-refractivity contribution in [1.82, 2.24) is 0 Å². The fourth-order valence-electron chi connectivity index (χ4n) is 4.22. The lowest BCUT2D eigenvalue weighted by Gasteiger charge is -2.29. The third kappa shape index (κ3) is 6.39. The number of hydrogen-bond acceptors (Lipinski definition) is 0. The Kier molecular flexibility index (Phi) is 8.43. The van der Waals surface area contributed by atoms with Gasteiger partial charge >= 0.3 is 0 Å². The summed E-state index contributed by atoms with van der Waals surface area (Å²) in [7, 11) is -1.38. The molecule has 0 unspecified atom stereocenters. The van der Waals surface area contributed by atoms with Gasteiger partial charge < -0.3 is 0 Å². The minimum Gasteiger partial charge on any atom is -0.114 e. The first-order valence-electron chi connectivity index (χ1n) is 10.3. The van der Waals surface area contributed by atoms with Crippen molar-refractivity contribution in [2.24, 2.45) is 0 Å². The molecule has 0 atom stereocenters. The molecular formula is C28H29BrP+. The fraction of sp³-hybridized carbons (Fsp3) is 0.143. The predicted octanol–water partition coefficient (Wildman–Crippen LogP) is 8.38. The third-order valence-electron chi connectivity index (χ3n) is 5.44. The zero-order chi connectivity index (χ0) is 19.8. The third-order valence-corrected chi connectivity index (χ3v) is 9.59. The summed E-state index contributed by atoms with van der Waals surface area (Å²) in [5.74, 6) is 0. The Morgan fingerprint density at radius 2 is 0.533 bits per heavy atom. The molecule has 4 aromatic rings. The van der Waals surface area contributed by atoms with Crippen molar-refractivity contribution in [3.05, 3.63) is 144 Å². The minimum atomic E-state index is -1.38. The molecule has 0 aliphatic heterocycles. The first-order valence-corrected chi connectivity index (χ1v) is 12.9. The van der Waals surface area contributed by atoms with E-state index in [1.54, 1.807) is 0 Å². The standard InChI is InChI=1S/C28H28P.BrH/c1-5-13-25(14-6-1)21-29(22-26-15-7-2-8-16-26,23-27-17-9-3-10-18-27)24-28-19-11-4-12-20-28;/h1-20H,21-24H2;1H/q+1;. The Bertz CT molecular complexity index is 814. The number of rotatable bonds is 8. The zero-order valence-corrected chi connectivity index (χ0v) is 19.8. The van der Waals surface area contributed by atoms with E-state index in [2.05, 4.69) is 121 Å². The molecule has 152 valence electrons. The van der Waals surface area contributed by atoms with E-state index in [0.29, 0.717) is 0 Å². The topological polar surface area (TPSA) is 0 Å². The van der Waals surface area contributed by atoms with Crippen LogP contribution in [0.3, 0.4) is 0 Å². The Morgan fingerprint density at radius 1 is 0.333 bits per heavy atom.